The molecule has 0 radical (unpaired) electrons. The first kappa shape index (κ1) is 15.6. The first-order chi connectivity index (χ1) is 10.6. The zero-order valence-electron chi connectivity index (χ0n) is 12.6. The van der Waals surface area contributed by atoms with Gasteiger partial charge in [0, 0.05) is 24.0 Å². The first-order valence-electron chi connectivity index (χ1n) is 7.10. The van der Waals surface area contributed by atoms with E-state index in [1.807, 2.05) is 18.2 Å². The van der Waals surface area contributed by atoms with Crippen LogP contribution in [0.3, 0.4) is 0 Å². The lowest BCUT2D eigenvalue weighted by Crippen LogP contribution is -2.23. The van der Waals surface area contributed by atoms with Crippen LogP contribution in [0, 0.1) is 5.92 Å². The van der Waals surface area contributed by atoms with Crippen LogP contribution in [0.4, 0.5) is 5.69 Å². The van der Waals surface area contributed by atoms with Crippen molar-refractivity contribution in [1.29, 1.82) is 0 Å². The van der Waals surface area contributed by atoms with Crippen LogP contribution in [0.15, 0.2) is 60.4 Å². The molecule has 0 spiro atoms. The van der Waals surface area contributed by atoms with Gasteiger partial charge in [-0.3, -0.25) is 14.6 Å². The summed E-state index contributed by atoms with van der Waals surface area (Å²) in [5, 5.41) is 2.75. The van der Waals surface area contributed by atoms with Crippen LogP contribution >= 0.6 is 0 Å². The maximum Gasteiger partial charge on any atom is 0.259 e. The van der Waals surface area contributed by atoms with Crippen molar-refractivity contribution in [3.8, 4) is 0 Å². The summed E-state index contributed by atoms with van der Waals surface area (Å²) in [6, 6.07) is 12.6. The number of rotatable bonds is 5. The largest absolute Gasteiger partial charge is 0.322 e. The number of carbonyl (C=O) groups excluding carboxylic acids is 2. The molecule has 0 saturated heterocycles. The van der Waals surface area contributed by atoms with Crippen LogP contribution < -0.4 is 5.32 Å². The summed E-state index contributed by atoms with van der Waals surface area (Å²) < 4.78 is 0. The Kier molecular flexibility index (Phi) is 5.20. The van der Waals surface area contributed by atoms with Gasteiger partial charge in [-0.2, -0.15) is 0 Å². The predicted molar refractivity (Wildman–Crippen MR) is 87.1 cm³/mol. The Labute approximate surface area is 129 Å². The molecule has 0 saturated carbocycles. The van der Waals surface area contributed by atoms with Crippen molar-refractivity contribution in [3.63, 3.8) is 0 Å². The highest BCUT2D eigenvalue weighted by Crippen LogP contribution is 2.14. The van der Waals surface area contributed by atoms with Gasteiger partial charge in [-0.25, -0.2) is 0 Å². The SMILES string of the molecule is CC(C)C(=O)C(=Cc1cccnc1)C(=O)Nc1ccccc1. The molecule has 4 nitrogen and oxygen atoms in total. The number of nitrogens with one attached hydrogen (secondary N) is 1. The Morgan fingerprint density at radius 2 is 1.82 bits per heavy atom. The van der Waals surface area contributed by atoms with Crippen LogP contribution in [0.2, 0.25) is 0 Å². The molecular formula is C18H18N2O2. The van der Waals surface area contributed by atoms with Crippen molar-refractivity contribution in [3.05, 3.63) is 66.0 Å². The lowest BCUT2D eigenvalue weighted by Gasteiger charge is -2.10. The van der Waals surface area contributed by atoms with Crippen LogP contribution in [0.5, 0.6) is 0 Å². The van der Waals surface area contributed by atoms with E-state index in [0.29, 0.717) is 5.69 Å². The van der Waals surface area contributed by atoms with Crippen molar-refractivity contribution in [2.45, 2.75) is 13.8 Å². The van der Waals surface area contributed by atoms with E-state index in [-0.39, 0.29) is 17.3 Å². The maximum absolute atomic E-state index is 12.4. The molecule has 0 aliphatic rings. The lowest BCUT2D eigenvalue weighted by atomic mass is 9.98. The molecule has 0 unspecified atom stereocenters. The third-order valence-corrected chi connectivity index (χ3v) is 3.06. The van der Waals surface area contributed by atoms with Crippen molar-refractivity contribution >= 4 is 23.5 Å². The van der Waals surface area contributed by atoms with Gasteiger partial charge in [-0.15, -0.1) is 0 Å². The van der Waals surface area contributed by atoms with Gasteiger partial charge in [-0.05, 0) is 29.8 Å². The minimum Gasteiger partial charge on any atom is -0.322 e. The van der Waals surface area contributed by atoms with Crippen molar-refractivity contribution < 1.29 is 9.59 Å². The van der Waals surface area contributed by atoms with Gasteiger partial charge < -0.3 is 5.32 Å². The third-order valence-electron chi connectivity index (χ3n) is 3.06. The summed E-state index contributed by atoms with van der Waals surface area (Å²) in [5.74, 6) is -0.865. The quantitative estimate of drug-likeness (QED) is 0.523. The number of pyridine rings is 1. The predicted octanol–water partition coefficient (Wildman–Crippen LogP) is 3.33. The zero-order chi connectivity index (χ0) is 15.9. The van der Waals surface area contributed by atoms with Crippen molar-refractivity contribution in [1.82, 2.24) is 4.98 Å². The van der Waals surface area contributed by atoms with Crippen LogP contribution in [0.1, 0.15) is 19.4 Å². The van der Waals surface area contributed by atoms with E-state index in [9.17, 15) is 9.59 Å². The van der Waals surface area contributed by atoms with E-state index in [1.165, 1.54) is 0 Å². The first-order valence-corrected chi connectivity index (χ1v) is 7.10. The number of para-hydroxylation sites is 1. The fourth-order valence-electron chi connectivity index (χ4n) is 1.91. The van der Waals surface area contributed by atoms with Crippen molar-refractivity contribution in [2.24, 2.45) is 5.92 Å². The summed E-state index contributed by atoms with van der Waals surface area (Å²) >= 11 is 0. The standard InChI is InChI=1S/C18H18N2O2/c1-13(2)17(21)16(11-14-7-6-10-19-12-14)18(22)20-15-8-4-3-5-9-15/h3-13H,1-2H3,(H,20,22). The van der Waals surface area contributed by atoms with Gasteiger partial charge in [0.2, 0.25) is 0 Å². The van der Waals surface area contributed by atoms with Gasteiger partial charge in [0.05, 0.1) is 5.57 Å². The molecule has 112 valence electrons. The molecule has 4 heteroatoms. The van der Waals surface area contributed by atoms with E-state index < -0.39 is 5.91 Å². The molecule has 0 aliphatic heterocycles. The van der Waals surface area contributed by atoms with Crippen LogP contribution in [0.25, 0.3) is 6.08 Å². The molecule has 1 heterocycles. The van der Waals surface area contributed by atoms with Gasteiger partial charge >= 0.3 is 0 Å². The Hall–Kier alpha value is -2.75. The van der Waals surface area contributed by atoms with E-state index in [4.69, 9.17) is 0 Å². The van der Waals surface area contributed by atoms with Crippen molar-refractivity contribution in [2.75, 3.05) is 5.32 Å². The number of aromatic nitrogens is 1. The number of Topliss-reactive ketones (excluding diaryl/α,β-unsaturated/α-hetero) is 1. The molecule has 22 heavy (non-hydrogen) atoms. The van der Waals surface area contributed by atoms with E-state index in [0.717, 1.165) is 5.56 Å². The molecule has 0 aliphatic carbocycles. The summed E-state index contributed by atoms with van der Waals surface area (Å²) in [7, 11) is 0. The molecule has 1 amide bonds. The van der Waals surface area contributed by atoms with Gasteiger partial charge in [0.15, 0.2) is 5.78 Å². The second-order valence-corrected chi connectivity index (χ2v) is 5.18. The highest BCUT2D eigenvalue weighted by molar-refractivity contribution is 6.26. The molecule has 0 fully saturated rings. The average Bonchev–Trinajstić information content (AvgIpc) is 2.53. The molecular weight excluding hydrogens is 276 g/mol. The highest BCUT2D eigenvalue weighted by atomic mass is 16.2. The summed E-state index contributed by atoms with van der Waals surface area (Å²) in [6.45, 7) is 3.55. The highest BCUT2D eigenvalue weighted by Gasteiger charge is 2.21. The fourth-order valence-corrected chi connectivity index (χ4v) is 1.91. The second kappa shape index (κ2) is 7.31. The Morgan fingerprint density at radius 1 is 1.09 bits per heavy atom. The second-order valence-electron chi connectivity index (χ2n) is 5.18. The Morgan fingerprint density at radius 3 is 2.41 bits per heavy atom. The lowest BCUT2D eigenvalue weighted by molar-refractivity contribution is -0.121. The van der Waals surface area contributed by atoms with E-state index >= 15 is 0 Å². The number of hydrogen-bond donors (Lipinski definition) is 1. The van der Waals surface area contributed by atoms with Gasteiger partial charge in [-0.1, -0.05) is 38.1 Å². The molecule has 2 aromatic rings. The van der Waals surface area contributed by atoms with E-state index in [1.54, 1.807) is 56.6 Å². The number of ketones is 1. The topological polar surface area (TPSA) is 59.1 Å². The minimum atomic E-state index is -0.409. The van der Waals surface area contributed by atoms with Gasteiger partial charge in [0.25, 0.3) is 5.91 Å². The molecule has 1 N–H and O–H groups in total. The van der Waals surface area contributed by atoms with Gasteiger partial charge in [0.1, 0.15) is 0 Å². The molecule has 0 bridgehead atoms. The number of hydrogen-bond acceptors (Lipinski definition) is 3. The molecule has 1 aromatic carbocycles. The minimum absolute atomic E-state index is 0.131. The number of benzene rings is 1. The third kappa shape index (κ3) is 4.12. The van der Waals surface area contributed by atoms with Crippen LogP contribution in [-0.4, -0.2) is 16.7 Å². The molecule has 0 atom stereocenters. The normalized spacial score (nSPS) is 11.3. The van der Waals surface area contributed by atoms with E-state index in [2.05, 4.69) is 10.3 Å². The monoisotopic (exact) mass is 294 g/mol. The summed E-state index contributed by atoms with van der Waals surface area (Å²) in [5.41, 5.74) is 1.50. The number of nitrogens with zero attached hydrogens (tertiary/aromatic N) is 1. The zero-order valence-corrected chi connectivity index (χ0v) is 12.6. The van der Waals surface area contributed by atoms with Crippen LogP contribution in [-0.2, 0) is 9.59 Å². The number of carbonyl (C=O) groups is 2. The maximum atomic E-state index is 12.4. The average molecular weight is 294 g/mol. The molecule has 2 rings (SSSR count). The molecule has 1 aromatic heterocycles. The fraction of sp³-hybridized carbons (Fsp3) is 0.167. The Bertz CT molecular complexity index is 677. The number of anilines is 1. The smallest absolute Gasteiger partial charge is 0.259 e. The Balaban J connectivity index is 2.30. The number of amides is 1. The summed E-state index contributed by atoms with van der Waals surface area (Å²) in [6.07, 6.45) is 4.84. The summed E-state index contributed by atoms with van der Waals surface area (Å²) in [4.78, 5) is 28.8.